The van der Waals surface area contributed by atoms with Gasteiger partial charge in [0.2, 0.25) is 11.8 Å². The van der Waals surface area contributed by atoms with E-state index < -0.39 is 17.7 Å². The van der Waals surface area contributed by atoms with Crippen molar-refractivity contribution in [2.45, 2.75) is 26.2 Å². The Hall–Kier alpha value is -2.29. The number of benzene rings is 2. The van der Waals surface area contributed by atoms with E-state index in [4.69, 9.17) is 27.9 Å². The predicted octanol–water partition coefficient (Wildman–Crippen LogP) is 4.72. The fourth-order valence-electron chi connectivity index (χ4n) is 2.26. The maximum Gasteiger partial charge on any atom is 0.269 e. The molecule has 0 aliphatic heterocycles. The number of ether oxygens (including phenoxy) is 1. The Balaban J connectivity index is 1.77. The standard InChI is InChI=1S/C20H20BrCl2N3O4/c1-2-9-30-17-6-3-12(10-14(17)21)20(29)26-25-19(28)8-7-18(27)24-16-5-4-13(22)11-15(16)23/h3-6,10-11H,2,7-9H2,1H3,(H,24,27)(H,25,28)(H,26,29). The molecule has 0 unspecified atom stereocenters. The highest BCUT2D eigenvalue weighted by Crippen LogP contribution is 2.26. The number of halogens is 3. The van der Waals surface area contributed by atoms with Gasteiger partial charge in [-0.25, -0.2) is 0 Å². The third-order valence-corrected chi connectivity index (χ3v) is 4.92. The first-order valence-electron chi connectivity index (χ1n) is 9.06. The summed E-state index contributed by atoms with van der Waals surface area (Å²) in [6, 6.07) is 9.51. The van der Waals surface area contributed by atoms with E-state index in [1.54, 1.807) is 30.3 Å². The fourth-order valence-corrected chi connectivity index (χ4v) is 3.21. The van der Waals surface area contributed by atoms with Crippen molar-refractivity contribution in [3.8, 4) is 5.75 Å². The average molecular weight is 517 g/mol. The second-order valence-corrected chi connectivity index (χ2v) is 7.87. The molecule has 2 aromatic rings. The van der Waals surface area contributed by atoms with Gasteiger partial charge < -0.3 is 10.1 Å². The first-order valence-corrected chi connectivity index (χ1v) is 10.6. The van der Waals surface area contributed by atoms with Gasteiger partial charge in [-0.05, 0) is 58.7 Å². The summed E-state index contributed by atoms with van der Waals surface area (Å²) < 4.78 is 6.16. The van der Waals surface area contributed by atoms with Gasteiger partial charge in [0.25, 0.3) is 5.91 Å². The van der Waals surface area contributed by atoms with Crippen LogP contribution in [0.3, 0.4) is 0 Å². The first kappa shape index (κ1) is 24.0. The van der Waals surface area contributed by atoms with Crippen LogP contribution in [0.25, 0.3) is 0 Å². The third-order valence-electron chi connectivity index (χ3n) is 3.76. The molecule has 3 N–H and O–H groups in total. The monoisotopic (exact) mass is 515 g/mol. The molecule has 0 saturated carbocycles. The molecule has 7 nitrogen and oxygen atoms in total. The quantitative estimate of drug-likeness (QED) is 0.442. The molecule has 0 spiro atoms. The minimum absolute atomic E-state index is 0.0876. The molecule has 0 aromatic heterocycles. The van der Waals surface area contributed by atoms with Gasteiger partial charge in [-0.3, -0.25) is 25.2 Å². The van der Waals surface area contributed by atoms with Crippen molar-refractivity contribution in [2.75, 3.05) is 11.9 Å². The van der Waals surface area contributed by atoms with Crippen LogP contribution in [0, 0.1) is 0 Å². The summed E-state index contributed by atoms with van der Waals surface area (Å²) in [6.45, 7) is 2.56. The van der Waals surface area contributed by atoms with Gasteiger partial charge >= 0.3 is 0 Å². The van der Waals surface area contributed by atoms with Crippen LogP contribution in [-0.4, -0.2) is 24.3 Å². The minimum atomic E-state index is -0.511. The van der Waals surface area contributed by atoms with Crippen molar-refractivity contribution in [1.29, 1.82) is 0 Å². The van der Waals surface area contributed by atoms with Crippen LogP contribution in [0.4, 0.5) is 5.69 Å². The SMILES string of the molecule is CCCOc1ccc(C(=O)NNC(=O)CCC(=O)Nc2ccc(Cl)cc2Cl)cc1Br. The van der Waals surface area contributed by atoms with E-state index in [1.165, 1.54) is 6.07 Å². The van der Waals surface area contributed by atoms with Crippen LogP contribution in [0.15, 0.2) is 40.9 Å². The van der Waals surface area contributed by atoms with Crippen molar-refractivity contribution >= 4 is 62.5 Å². The number of anilines is 1. The summed E-state index contributed by atoms with van der Waals surface area (Å²) >= 11 is 15.1. The number of nitrogens with one attached hydrogen (secondary N) is 3. The smallest absolute Gasteiger partial charge is 0.269 e. The predicted molar refractivity (Wildman–Crippen MR) is 120 cm³/mol. The zero-order valence-electron chi connectivity index (χ0n) is 16.1. The minimum Gasteiger partial charge on any atom is -0.492 e. The number of hydrazine groups is 1. The third kappa shape index (κ3) is 7.51. The number of carbonyl (C=O) groups is 3. The van der Waals surface area contributed by atoms with Crippen molar-refractivity contribution < 1.29 is 19.1 Å². The van der Waals surface area contributed by atoms with Gasteiger partial charge in [0.1, 0.15) is 5.75 Å². The molecule has 10 heteroatoms. The molecule has 0 fully saturated rings. The molecule has 3 amide bonds. The Morgan fingerprint density at radius 2 is 1.73 bits per heavy atom. The lowest BCUT2D eigenvalue weighted by Gasteiger charge is -2.10. The molecule has 0 heterocycles. The molecule has 30 heavy (non-hydrogen) atoms. The normalized spacial score (nSPS) is 10.3. The summed E-state index contributed by atoms with van der Waals surface area (Å²) in [5, 5.41) is 3.34. The van der Waals surface area contributed by atoms with Crippen molar-refractivity contribution in [3.05, 3.63) is 56.5 Å². The summed E-state index contributed by atoms with van der Waals surface area (Å²) in [7, 11) is 0. The van der Waals surface area contributed by atoms with Gasteiger partial charge in [0, 0.05) is 23.4 Å². The summed E-state index contributed by atoms with van der Waals surface area (Å²) in [5.74, 6) is -0.775. The zero-order chi connectivity index (χ0) is 22.1. The second kappa shape index (κ2) is 11.8. The lowest BCUT2D eigenvalue weighted by Crippen LogP contribution is -2.41. The summed E-state index contributed by atoms with van der Waals surface area (Å²) in [4.78, 5) is 36.1. The summed E-state index contributed by atoms with van der Waals surface area (Å²) in [6.07, 6.45) is 0.659. The van der Waals surface area contributed by atoms with Gasteiger partial charge in [-0.1, -0.05) is 30.1 Å². The molecule has 0 bridgehead atoms. The van der Waals surface area contributed by atoms with Crippen LogP contribution < -0.4 is 20.9 Å². The van der Waals surface area contributed by atoms with Crippen molar-refractivity contribution in [3.63, 3.8) is 0 Å². The summed E-state index contributed by atoms with van der Waals surface area (Å²) in [5.41, 5.74) is 5.32. The Morgan fingerprint density at radius 3 is 2.40 bits per heavy atom. The van der Waals surface area contributed by atoms with E-state index in [0.717, 1.165) is 6.42 Å². The van der Waals surface area contributed by atoms with E-state index in [9.17, 15) is 14.4 Å². The van der Waals surface area contributed by atoms with E-state index in [0.29, 0.717) is 38.1 Å². The second-order valence-electron chi connectivity index (χ2n) is 6.17. The number of rotatable bonds is 8. The highest BCUT2D eigenvalue weighted by atomic mass is 79.9. The molecular weight excluding hydrogens is 497 g/mol. The van der Waals surface area contributed by atoms with Gasteiger partial charge in [-0.2, -0.15) is 0 Å². The topological polar surface area (TPSA) is 96.5 Å². The Labute approximate surface area is 192 Å². The number of amides is 3. The molecule has 160 valence electrons. The Bertz CT molecular complexity index is 940. The average Bonchev–Trinajstić information content (AvgIpc) is 2.71. The lowest BCUT2D eigenvalue weighted by molar-refractivity contribution is -0.124. The zero-order valence-corrected chi connectivity index (χ0v) is 19.2. The van der Waals surface area contributed by atoms with Crippen LogP contribution >= 0.6 is 39.1 Å². The highest BCUT2D eigenvalue weighted by molar-refractivity contribution is 9.10. The maximum atomic E-state index is 12.2. The molecule has 0 atom stereocenters. The molecule has 2 rings (SSSR count). The number of hydrogen-bond donors (Lipinski definition) is 3. The highest BCUT2D eigenvalue weighted by Gasteiger charge is 2.12. The fraction of sp³-hybridized carbons (Fsp3) is 0.250. The van der Waals surface area contributed by atoms with Crippen LogP contribution in [0.1, 0.15) is 36.5 Å². The molecule has 2 aromatic carbocycles. The molecule has 0 aliphatic carbocycles. The van der Waals surface area contributed by atoms with Crippen LogP contribution in [0.5, 0.6) is 5.75 Å². The first-order chi connectivity index (χ1) is 14.3. The molecule has 0 saturated heterocycles. The molecule has 0 aliphatic rings. The largest absolute Gasteiger partial charge is 0.492 e. The number of hydrogen-bond acceptors (Lipinski definition) is 4. The van der Waals surface area contributed by atoms with E-state index in [-0.39, 0.29) is 12.8 Å². The van der Waals surface area contributed by atoms with Crippen LogP contribution in [-0.2, 0) is 9.59 Å². The van der Waals surface area contributed by atoms with E-state index in [1.807, 2.05) is 6.92 Å². The number of carbonyl (C=O) groups excluding carboxylic acids is 3. The Morgan fingerprint density at radius 1 is 1.00 bits per heavy atom. The van der Waals surface area contributed by atoms with Gasteiger partial charge in [0.05, 0.1) is 21.8 Å². The van der Waals surface area contributed by atoms with Crippen LogP contribution in [0.2, 0.25) is 10.0 Å². The van der Waals surface area contributed by atoms with Gasteiger partial charge in [0.15, 0.2) is 0 Å². The van der Waals surface area contributed by atoms with Crippen molar-refractivity contribution in [1.82, 2.24) is 10.9 Å². The molecule has 0 radical (unpaired) electrons. The van der Waals surface area contributed by atoms with E-state index in [2.05, 4.69) is 32.1 Å². The Kier molecular flexibility index (Phi) is 9.42. The lowest BCUT2D eigenvalue weighted by atomic mass is 10.2. The van der Waals surface area contributed by atoms with Gasteiger partial charge in [-0.15, -0.1) is 0 Å². The maximum absolute atomic E-state index is 12.2. The van der Waals surface area contributed by atoms with E-state index >= 15 is 0 Å². The van der Waals surface area contributed by atoms with Crippen molar-refractivity contribution in [2.24, 2.45) is 0 Å². The molecular formula is C20H20BrCl2N3O4.